The van der Waals surface area contributed by atoms with Crippen LogP contribution in [0, 0.1) is 6.92 Å². The van der Waals surface area contributed by atoms with Crippen LogP contribution >= 0.6 is 23.2 Å². The molecule has 0 radical (unpaired) electrons. The summed E-state index contributed by atoms with van der Waals surface area (Å²) in [4.78, 5) is 12.1. The van der Waals surface area contributed by atoms with Gasteiger partial charge >= 0.3 is 0 Å². The number of carbonyl (C=O) groups excluding carboxylic acids is 1. The Morgan fingerprint density at radius 2 is 1.75 bits per heavy atom. The molecule has 0 aliphatic carbocycles. The van der Waals surface area contributed by atoms with Crippen molar-refractivity contribution in [1.82, 2.24) is 0 Å². The van der Waals surface area contributed by atoms with Gasteiger partial charge in [0.2, 0.25) is 5.91 Å². The molecular weight excluding hydrogens is 351 g/mol. The maximum Gasteiger partial charge on any atom is 0.243 e. The molecule has 0 fully saturated rings. The van der Waals surface area contributed by atoms with E-state index in [9.17, 15) is 4.79 Å². The molecule has 0 saturated heterocycles. The molecular formula is C17H18Cl2N2O3. The topological polar surface area (TPSA) is 59.6 Å². The quantitative estimate of drug-likeness (QED) is 0.794. The maximum atomic E-state index is 12.1. The minimum Gasteiger partial charge on any atom is -0.495 e. The lowest BCUT2D eigenvalue weighted by Crippen LogP contribution is -2.22. The van der Waals surface area contributed by atoms with Gasteiger partial charge in [-0.1, -0.05) is 23.2 Å². The minimum atomic E-state index is -0.217. The highest BCUT2D eigenvalue weighted by atomic mass is 35.5. The zero-order chi connectivity index (χ0) is 17.7. The average molecular weight is 369 g/mol. The molecule has 0 spiro atoms. The predicted molar refractivity (Wildman–Crippen MR) is 97.9 cm³/mol. The molecule has 128 valence electrons. The van der Waals surface area contributed by atoms with E-state index in [4.69, 9.17) is 32.7 Å². The van der Waals surface area contributed by atoms with Gasteiger partial charge < -0.3 is 20.1 Å². The first kappa shape index (κ1) is 18.2. The molecule has 5 nitrogen and oxygen atoms in total. The molecule has 0 saturated carbocycles. The Kier molecular flexibility index (Phi) is 6.17. The Morgan fingerprint density at radius 3 is 2.38 bits per heavy atom. The third-order valence-electron chi connectivity index (χ3n) is 3.36. The number of aryl methyl sites for hydroxylation is 1. The summed E-state index contributed by atoms with van der Waals surface area (Å²) in [7, 11) is 3.08. The SMILES string of the molecule is COc1ccc(NC(=O)CNc2cc(C)c(Cl)cc2OC)cc1Cl. The number of anilines is 2. The van der Waals surface area contributed by atoms with Gasteiger partial charge in [0.1, 0.15) is 11.5 Å². The van der Waals surface area contributed by atoms with Gasteiger partial charge in [0.05, 0.1) is 31.5 Å². The molecule has 2 aromatic rings. The van der Waals surface area contributed by atoms with Crippen LogP contribution in [0.25, 0.3) is 0 Å². The van der Waals surface area contributed by atoms with Crippen molar-refractivity contribution >= 4 is 40.5 Å². The predicted octanol–water partition coefficient (Wildman–Crippen LogP) is 4.37. The van der Waals surface area contributed by atoms with Crippen LogP contribution in [0.3, 0.4) is 0 Å². The molecule has 1 amide bonds. The minimum absolute atomic E-state index is 0.0705. The number of nitrogens with one attached hydrogen (secondary N) is 2. The van der Waals surface area contributed by atoms with E-state index in [0.717, 1.165) is 5.56 Å². The van der Waals surface area contributed by atoms with Crippen LogP contribution in [0.5, 0.6) is 11.5 Å². The Morgan fingerprint density at radius 1 is 1.04 bits per heavy atom. The van der Waals surface area contributed by atoms with Crippen LogP contribution in [0.4, 0.5) is 11.4 Å². The number of hydrogen-bond acceptors (Lipinski definition) is 4. The molecule has 24 heavy (non-hydrogen) atoms. The van der Waals surface area contributed by atoms with Crippen LogP contribution in [-0.4, -0.2) is 26.7 Å². The van der Waals surface area contributed by atoms with E-state index >= 15 is 0 Å². The Bertz CT molecular complexity index is 751. The second kappa shape index (κ2) is 8.13. The standard InChI is InChI=1S/C17H18Cl2N2O3/c1-10-6-14(16(24-3)8-12(10)18)20-9-17(22)21-11-4-5-15(23-2)13(19)7-11/h4-8,20H,9H2,1-3H3,(H,21,22). The number of carbonyl (C=O) groups is 1. The normalized spacial score (nSPS) is 10.2. The fourth-order valence-corrected chi connectivity index (χ4v) is 2.51. The number of rotatable bonds is 6. The highest BCUT2D eigenvalue weighted by Crippen LogP contribution is 2.31. The third kappa shape index (κ3) is 4.46. The summed E-state index contributed by atoms with van der Waals surface area (Å²) < 4.78 is 10.3. The maximum absolute atomic E-state index is 12.1. The number of ether oxygens (including phenoxy) is 2. The zero-order valence-electron chi connectivity index (χ0n) is 13.6. The zero-order valence-corrected chi connectivity index (χ0v) is 15.1. The molecule has 2 rings (SSSR count). The molecule has 0 aliphatic rings. The van der Waals surface area contributed by atoms with Crippen molar-refractivity contribution in [2.45, 2.75) is 6.92 Å². The van der Waals surface area contributed by atoms with E-state index in [1.54, 1.807) is 31.4 Å². The molecule has 0 heterocycles. The molecule has 0 bridgehead atoms. The second-order valence-corrected chi connectivity index (χ2v) is 5.87. The van der Waals surface area contributed by atoms with Crippen molar-refractivity contribution in [1.29, 1.82) is 0 Å². The molecule has 0 atom stereocenters. The van der Waals surface area contributed by atoms with Gasteiger partial charge in [-0.3, -0.25) is 4.79 Å². The Hall–Kier alpha value is -2.11. The van der Waals surface area contributed by atoms with Gasteiger partial charge in [0, 0.05) is 16.8 Å². The van der Waals surface area contributed by atoms with Gasteiger partial charge in [-0.25, -0.2) is 0 Å². The smallest absolute Gasteiger partial charge is 0.243 e. The van der Waals surface area contributed by atoms with Crippen molar-refractivity contribution in [3.8, 4) is 11.5 Å². The summed E-state index contributed by atoms with van der Waals surface area (Å²) in [6, 6.07) is 8.58. The first-order chi connectivity index (χ1) is 11.4. The van der Waals surface area contributed by atoms with Crippen molar-refractivity contribution in [3.63, 3.8) is 0 Å². The molecule has 0 unspecified atom stereocenters. The first-order valence-corrected chi connectivity index (χ1v) is 7.91. The van der Waals surface area contributed by atoms with Gasteiger partial charge in [-0.2, -0.15) is 0 Å². The van der Waals surface area contributed by atoms with Crippen LogP contribution in [0.1, 0.15) is 5.56 Å². The summed E-state index contributed by atoms with van der Waals surface area (Å²) in [5.74, 6) is 0.908. The van der Waals surface area contributed by atoms with Gasteiger partial charge in [0.15, 0.2) is 0 Å². The molecule has 0 aromatic heterocycles. The average Bonchev–Trinajstić information content (AvgIpc) is 2.55. The van der Waals surface area contributed by atoms with Crippen LogP contribution in [0.2, 0.25) is 10.0 Å². The van der Waals surface area contributed by atoms with Gasteiger partial charge in [0.25, 0.3) is 0 Å². The Balaban J connectivity index is 2.01. The van der Waals surface area contributed by atoms with Crippen molar-refractivity contribution < 1.29 is 14.3 Å². The monoisotopic (exact) mass is 368 g/mol. The summed E-state index contributed by atoms with van der Waals surface area (Å²) >= 11 is 12.1. The van der Waals surface area contributed by atoms with E-state index in [0.29, 0.717) is 32.9 Å². The van der Waals surface area contributed by atoms with Crippen LogP contribution in [0.15, 0.2) is 30.3 Å². The fourth-order valence-electron chi connectivity index (χ4n) is 2.10. The summed E-state index contributed by atoms with van der Waals surface area (Å²) in [5, 5.41) is 6.83. The van der Waals surface area contributed by atoms with Crippen molar-refractivity contribution in [3.05, 3.63) is 45.9 Å². The summed E-state index contributed by atoms with van der Waals surface area (Å²) in [5.41, 5.74) is 2.18. The largest absolute Gasteiger partial charge is 0.495 e. The molecule has 0 aliphatic heterocycles. The van der Waals surface area contributed by atoms with E-state index < -0.39 is 0 Å². The first-order valence-electron chi connectivity index (χ1n) is 7.16. The van der Waals surface area contributed by atoms with Crippen LogP contribution < -0.4 is 20.1 Å². The highest BCUT2D eigenvalue weighted by molar-refractivity contribution is 6.32. The van der Waals surface area contributed by atoms with Gasteiger partial charge in [-0.05, 0) is 36.8 Å². The van der Waals surface area contributed by atoms with E-state index in [2.05, 4.69) is 10.6 Å². The lowest BCUT2D eigenvalue weighted by Gasteiger charge is -2.13. The number of benzene rings is 2. The number of methoxy groups -OCH3 is 2. The van der Waals surface area contributed by atoms with Gasteiger partial charge in [-0.15, -0.1) is 0 Å². The fraction of sp³-hybridized carbons (Fsp3) is 0.235. The number of halogens is 2. The van der Waals surface area contributed by atoms with E-state index in [-0.39, 0.29) is 12.5 Å². The lowest BCUT2D eigenvalue weighted by atomic mass is 10.2. The highest BCUT2D eigenvalue weighted by Gasteiger charge is 2.10. The number of hydrogen-bond donors (Lipinski definition) is 2. The molecule has 2 aromatic carbocycles. The summed E-state index contributed by atoms with van der Waals surface area (Å²) in [6.07, 6.45) is 0. The molecule has 7 heteroatoms. The summed E-state index contributed by atoms with van der Waals surface area (Å²) in [6.45, 7) is 1.95. The van der Waals surface area contributed by atoms with Crippen molar-refractivity contribution in [2.24, 2.45) is 0 Å². The van der Waals surface area contributed by atoms with Crippen molar-refractivity contribution in [2.75, 3.05) is 31.4 Å². The number of amides is 1. The lowest BCUT2D eigenvalue weighted by molar-refractivity contribution is -0.114. The van der Waals surface area contributed by atoms with E-state index in [1.165, 1.54) is 7.11 Å². The third-order valence-corrected chi connectivity index (χ3v) is 4.06. The molecule has 2 N–H and O–H groups in total. The second-order valence-electron chi connectivity index (χ2n) is 5.05. The van der Waals surface area contributed by atoms with E-state index in [1.807, 2.05) is 13.0 Å². The Labute approximate surface area is 150 Å². The van der Waals surface area contributed by atoms with Crippen LogP contribution in [-0.2, 0) is 4.79 Å².